The Hall–Kier alpha value is -1.39. The average molecular weight is 317 g/mol. The molecular formula is C19H27NO3. The fraction of sp³-hybridized carbons (Fsp3) is 0.632. The van der Waals surface area contributed by atoms with E-state index in [1.54, 1.807) is 7.11 Å². The first-order valence-corrected chi connectivity index (χ1v) is 8.71. The van der Waals surface area contributed by atoms with Crippen LogP contribution in [-0.2, 0) is 20.7 Å². The number of likely N-dealkylation sites (tertiary alicyclic amines) is 1. The van der Waals surface area contributed by atoms with Crippen molar-refractivity contribution in [3.63, 3.8) is 0 Å². The van der Waals surface area contributed by atoms with Gasteiger partial charge in [0.2, 0.25) is 5.91 Å². The van der Waals surface area contributed by atoms with Crippen molar-refractivity contribution < 1.29 is 14.3 Å². The normalized spacial score (nSPS) is 26.2. The van der Waals surface area contributed by atoms with Crippen molar-refractivity contribution >= 4 is 5.91 Å². The Morgan fingerprint density at radius 2 is 1.96 bits per heavy atom. The summed E-state index contributed by atoms with van der Waals surface area (Å²) in [4.78, 5) is 14.8. The number of rotatable bonds is 4. The van der Waals surface area contributed by atoms with Crippen LogP contribution in [0.3, 0.4) is 0 Å². The van der Waals surface area contributed by atoms with E-state index in [1.165, 1.54) is 5.56 Å². The summed E-state index contributed by atoms with van der Waals surface area (Å²) < 4.78 is 11.1. The summed E-state index contributed by atoms with van der Waals surface area (Å²) in [5, 5.41) is 0. The highest BCUT2D eigenvalue weighted by molar-refractivity contribution is 5.79. The van der Waals surface area contributed by atoms with Gasteiger partial charge in [0.25, 0.3) is 0 Å². The van der Waals surface area contributed by atoms with Gasteiger partial charge in [-0.15, -0.1) is 0 Å². The lowest BCUT2D eigenvalue weighted by molar-refractivity contribution is -0.142. The standard InChI is InChI=1S/C19H27NO3/c1-22-18-7-10-20(19(21)16-8-11-23-12-9-16)14-17(18)13-15-5-3-2-4-6-15/h2-6,16-18H,7-14H2,1H3/t17-,18+/m0/s1. The molecule has 0 spiro atoms. The molecule has 4 heteroatoms. The zero-order valence-electron chi connectivity index (χ0n) is 13.9. The van der Waals surface area contributed by atoms with Crippen LogP contribution in [0.2, 0.25) is 0 Å². The molecule has 0 radical (unpaired) electrons. The number of amides is 1. The molecule has 126 valence electrons. The molecule has 2 heterocycles. The molecule has 0 N–H and O–H groups in total. The van der Waals surface area contributed by atoms with E-state index in [0.29, 0.717) is 11.8 Å². The second-order valence-corrected chi connectivity index (χ2v) is 6.68. The van der Waals surface area contributed by atoms with Gasteiger partial charge >= 0.3 is 0 Å². The second-order valence-electron chi connectivity index (χ2n) is 6.68. The molecule has 2 atom stereocenters. The third kappa shape index (κ3) is 4.12. The van der Waals surface area contributed by atoms with E-state index in [1.807, 2.05) is 6.07 Å². The maximum atomic E-state index is 12.8. The van der Waals surface area contributed by atoms with E-state index in [4.69, 9.17) is 9.47 Å². The minimum Gasteiger partial charge on any atom is -0.381 e. The minimum atomic E-state index is 0.153. The first-order valence-electron chi connectivity index (χ1n) is 8.71. The summed E-state index contributed by atoms with van der Waals surface area (Å²) in [6.07, 6.45) is 3.88. The molecule has 0 bridgehead atoms. The highest BCUT2D eigenvalue weighted by Crippen LogP contribution is 2.26. The summed E-state index contributed by atoms with van der Waals surface area (Å²) in [6, 6.07) is 10.5. The number of benzene rings is 1. The summed E-state index contributed by atoms with van der Waals surface area (Å²) >= 11 is 0. The Bertz CT molecular complexity index is 499. The van der Waals surface area contributed by atoms with E-state index < -0.39 is 0 Å². The van der Waals surface area contributed by atoms with Crippen molar-refractivity contribution in [2.75, 3.05) is 33.4 Å². The zero-order chi connectivity index (χ0) is 16.1. The Morgan fingerprint density at radius 3 is 2.65 bits per heavy atom. The maximum Gasteiger partial charge on any atom is 0.225 e. The number of piperidine rings is 1. The minimum absolute atomic E-state index is 0.153. The average Bonchev–Trinajstić information content (AvgIpc) is 2.62. The van der Waals surface area contributed by atoms with Crippen molar-refractivity contribution in [1.29, 1.82) is 0 Å². The third-order valence-corrected chi connectivity index (χ3v) is 5.19. The van der Waals surface area contributed by atoms with Crippen molar-refractivity contribution in [2.45, 2.75) is 31.8 Å². The second kappa shape index (κ2) is 7.93. The molecule has 1 aromatic rings. The van der Waals surface area contributed by atoms with Gasteiger partial charge in [-0.2, -0.15) is 0 Å². The zero-order valence-corrected chi connectivity index (χ0v) is 13.9. The van der Waals surface area contributed by atoms with Crippen LogP contribution in [0.25, 0.3) is 0 Å². The predicted molar refractivity (Wildman–Crippen MR) is 89.2 cm³/mol. The van der Waals surface area contributed by atoms with Gasteiger partial charge in [-0.3, -0.25) is 4.79 Å². The molecule has 4 nitrogen and oxygen atoms in total. The fourth-order valence-electron chi connectivity index (χ4n) is 3.84. The van der Waals surface area contributed by atoms with E-state index >= 15 is 0 Å². The predicted octanol–water partition coefficient (Wildman–Crippen LogP) is 2.52. The molecule has 23 heavy (non-hydrogen) atoms. The lowest BCUT2D eigenvalue weighted by Crippen LogP contribution is -2.49. The van der Waals surface area contributed by atoms with Crippen LogP contribution in [0.4, 0.5) is 0 Å². The van der Waals surface area contributed by atoms with Crippen molar-refractivity contribution in [2.24, 2.45) is 11.8 Å². The number of hydrogen-bond acceptors (Lipinski definition) is 3. The largest absolute Gasteiger partial charge is 0.381 e. The molecular weight excluding hydrogens is 290 g/mol. The molecule has 0 unspecified atom stereocenters. The van der Waals surface area contributed by atoms with E-state index in [2.05, 4.69) is 29.2 Å². The van der Waals surface area contributed by atoms with Crippen LogP contribution >= 0.6 is 0 Å². The van der Waals surface area contributed by atoms with Crippen LogP contribution < -0.4 is 0 Å². The Balaban J connectivity index is 1.64. The molecule has 2 saturated heterocycles. The SMILES string of the molecule is CO[C@@H]1CCN(C(=O)C2CCOCC2)C[C@@H]1Cc1ccccc1. The van der Waals surface area contributed by atoms with Crippen molar-refractivity contribution in [1.82, 2.24) is 4.90 Å². The Kier molecular flexibility index (Phi) is 5.68. The van der Waals surface area contributed by atoms with E-state index in [0.717, 1.165) is 52.0 Å². The van der Waals surface area contributed by atoms with Gasteiger partial charge in [-0.25, -0.2) is 0 Å². The maximum absolute atomic E-state index is 12.8. The van der Waals surface area contributed by atoms with Crippen LogP contribution in [-0.4, -0.2) is 50.3 Å². The molecule has 2 aliphatic rings. The number of nitrogens with zero attached hydrogens (tertiary/aromatic N) is 1. The van der Waals surface area contributed by atoms with Gasteiger partial charge < -0.3 is 14.4 Å². The molecule has 1 amide bonds. The van der Waals surface area contributed by atoms with Crippen LogP contribution in [0.15, 0.2) is 30.3 Å². The first kappa shape index (κ1) is 16.5. The van der Waals surface area contributed by atoms with Crippen molar-refractivity contribution in [3.05, 3.63) is 35.9 Å². The van der Waals surface area contributed by atoms with Gasteiger partial charge in [-0.1, -0.05) is 30.3 Å². The lowest BCUT2D eigenvalue weighted by atomic mass is 9.87. The number of hydrogen-bond donors (Lipinski definition) is 0. The van der Waals surface area contributed by atoms with Gasteiger partial charge in [-0.05, 0) is 31.2 Å². The van der Waals surface area contributed by atoms with E-state index in [9.17, 15) is 4.79 Å². The molecule has 3 rings (SSSR count). The molecule has 0 aliphatic carbocycles. The number of carbonyl (C=O) groups is 1. The molecule has 2 aliphatic heterocycles. The smallest absolute Gasteiger partial charge is 0.225 e. The number of methoxy groups -OCH3 is 1. The van der Waals surface area contributed by atoms with Gasteiger partial charge in [0.15, 0.2) is 0 Å². The summed E-state index contributed by atoms with van der Waals surface area (Å²) in [6.45, 7) is 3.07. The summed E-state index contributed by atoms with van der Waals surface area (Å²) in [5.74, 6) is 0.848. The monoisotopic (exact) mass is 317 g/mol. The molecule has 0 aromatic heterocycles. The molecule has 2 fully saturated rings. The number of ether oxygens (including phenoxy) is 2. The van der Waals surface area contributed by atoms with Crippen LogP contribution in [0, 0.1) is 11.8 Å². The van der Waals surface area contributed by atoms with Gasteiger partial charge in [0, 0.05) is 45.2 Å². The topological polar surface area (TPSA) is 38.8 Å². The number of carbonyl (C=O) groups excluding carboxylic acids is 1. The summed E-state index contributed by atoms with van der Waals surface area (Å²) in [5.41, 5.74) is 1.32. The Morgan fingerprint density at radius 1 is 1.22 bits per heavy atom. The van der Waals surface area contributed by atoms with E-state index in [-0.39, 0.29) is 12.0 Å². The third-order valence-electron chi connectivity index (χ3n) is 5.19. The van der Waals surface area contributed by atoms with Crippen LogP contribution in [0.1, 0.15) is 24.8 Å². The highest BCUT2D eigenvalue weighted by Gasteiger charge is 2.34. The highest BCUT2D eigenvalue weighted by atomic mass is 16.5. The summed E-state index contributed by atoms with van der Waals surface area (Å²) in [7, 11) is 1.79. The van der Waals surface area contributed by atoms with Crippen molar-refractivity contribution in [3.8, 4) is 0 Å². The molecule has 1 aromatic carbocycles. The fourth-order valence-corrected chi connectivity index (χ4v) is 3.84. The molecule has 0 saturated carbocycles. The Labute approximate surface area is 138 Å². The quantitative estimate of drug-likeness (QED) is 0.856. The van der Waals surface area contributed by atoms with Gasteiger partial charge in [0.1, 0.15) is 0 Å². The first-order chi connectivity index (χ1) is 11.3. The van der Waals surface area contributed by atoms with Gasteiger partial charge in [0.05, 0.1) is 6.10 Å². The van der Waals surface area contributed by atoms with Crippen LogP contribution in [0.5, 0.6) is 0 Å². The lowest BCUT2D eigenvalue weighted by Gasteiger charge is -2.40.